The highest BCUT2D eigenvalue weighted by molar-refractivity contribution is 5.95. The Morgan fingerprint density at radius 2 is 1.95 bits per heavy atom. The number of benzene rings is 1. The van der Waals surface area contributed by atoms with Crippen LogP contribution in [0.25, 0.3) is 0 Å². The van der Waals surface area contributed by atoms with Crippen LogP contribution in [0.4, 0.5) is 5.69 Å². The molecule has 3 aliphatic rings. The molecule has 3 saturated carbocycles. The number of para-hydroxylation sites is 1. The zero-order valence-corrected chi connectivity index (χ0v) is 12.5. The summed E-state index contributed by atoms with van der Waals surface area (Å²) in [5, 5.41) is 3.67. The lowest BCUT2D eigenvalue weighted by Gasteiger charge is -2.33. The minimum Gasteiger partial charge on any atom is -0.465 e. The van der Waals surface area contributed by atoms with Gasteiger partial charge in [-0.2, -0.15) is 0 Å². The maximum atomic E-state index is 11.9. The Labute approximate surface area is 126 Å². The Hall–Kier alpha value is -1.51. The van der Waals surface area contributed by atoms with Crippen molar-refractivity contribution in [2.75, 3.05) is 12.4 Å². The van der Waals surface area contributed by atoms with Gasteiger partial charge in [-0.15, -0.1) is 0 Å². The third-order valence-electron chi connectivity index (χ3n) is 6.10. The second kappa shape index (κ2) is 5.04. The molecule has 1 N–H and O–H groups in total. The van der Waals surface area contributed by atoms with Gasteiger partial charge < -0.3 is 10.1 Å². The fourth-order valence-electron chi connectivity index (χ4n) is 5.33. The molecule has 3 heteroatoms. The molecule has 3 fully saturated rings. The molecule has 4 rings (SSSR count). The summed E-state index contributed by atoms with van der Waals surface area (Å²) in [6.07, 6.45) is 6.97. The predicted octanol–water partition coefficient (Wildman–Crippen LogP) is 3.71. The van der Waals surface area contributed by atoms with Gasteiger partial charge in [0.25, 0.3) is 0 Å². The molecule has 21 heavy (non-hydrogen) atoms. The van der Waals surface area contributed by atoms with Crippen LogP contribution in [0.15, 0.2) is 24.3 Å². The van der Waals surface area contributed by atoms with Crippen LogP contribution in [-0.2, 0) is 4.74 Å². The smallest absolute Gasteiger partial charge is 0.339 e. The van der Waals surface area contributed by atoms with Crippen molar-refractivity contribution in [3.8, 4) is 0 Å². The van der Waals surface area contributed by atoms with Gasteiger partial charge in [0.05, 0.1) is 12.7 Å². The number of methoxy groups -OCH3 is 1. The van der Waals surface area contributed by atoms with Gasteiger partial charge in [-0.3, -0.25) is 0 Å². The van der Waals surface area contributed by atoms with Crippen LogP contribution in [0.1, 0.15) is 42.5 Å². The SMILES string of the molecule is COC(=O)c1ccccc1NC1CC2CC1C1CCCC21. The molecule has 0 heterocycles. The maximum Gasteiger partial charge on any atom is 0.339 e. The maximum absolute atomic E-state index is 11.9. The number of ether oxygens (including phenoxy) is 1. The Bertz CT molecular complexity index is 556. The lowest BCUT2D eigenvalue weighted by molar-refractivity contribution is 0.0601. The predicted molar refractivity (Wildman–Crippen MR) is 82.2 cm³/mol. The van der Waals surface area contributed by atoms with Gasteiger partial charge >= 0.3 is 5.97 Å². The Morgan fingerprint density at radius 3 is 2.81 bits per heavy atom. The standard InChI is InChI=1S/C18H23NO2/c1-21-18(20)14-5-2-3-8-16(14)19-17-10-11-9-15(17)13-7-4-6-12(11)13/h2-3,5,8,11-13,15,17,19H,4,6-7,9-10H2,1H3. The molecule has 0 saturated heterocycles. The van der Waals surface area contributed by atoms with Crippen LogP contribution in [0.3, 0.4) is 0 Å². The summed E-state index contributed by atoms with van der Waals surface area (Å²) in [5.41, 5.74) is 1.60. The van der Waals surface area contributed by atoms with Crippen LogP contribution < -0.4 is 5.32 Å². The van der Waals surface area contributed by atoms with Gasteiger partial charge in [0, 0.05) is 11.7 Å². The van der Waals surface area contributed by atoms with Crippen molar-refractivity contribution in [3.05, 3.63) is 29.8 Å². The molecule has 3 aliphatic carbocycles. The zero-order chi connectivity index (χ0) is 14.4. The molecule has 3 nitrogen and oxygen atoms in total. The molecule has 2 bridgehead atoms. The van der Waals surface area contributed by atoms with Crippen molar-refractivity contribution in [2.24, 2.45) is 23.7 Å². The Morgan fingerprint density at radius 1 is 1.14 bits per heavy atom. The topological polar surface area (TPSA) is 38.3 Å². The minimum atomic E-state index is -0.250. The average molecular weight is 285 g/mol. The molecular formula is C18H23NO2. The number of carbonyl (C=O) groups is 1. The number of anilines is 1. The third-order valence-corrected chi connectivity index (χ3v) is 6.10. The van der Waals surface area contributed by atoms with E-state index in [0.29, 0.717) is 11.6 Å². The summed E-state index contributed by atoms with van der Waals surface area (Å²) in [5.74, 6) is 3.42. The molecule has 0 aliphatic heterocycles. The number of esters is 1. The van der Waals surface area contributed by atoms with Crippen LogP contribution in [-0.4, -0.2) is 19.1 Å². The monoisotopic (exact) mass is 285 g/mol. The largest absolute Gasteiger partial charge is 0.465 e. The molecule has 5 atom stereocenters. The highest BCUT2D eigenvalue weighted by atomic mass is 16.5. The number of rotatable bonds is 3. The summed E-state index contributed by atoms with van der Waals surface area (Å²) in [6.45, 7) is 0. The molecule has 0 aromatic heterocycles. The molecule has 112 valence electrons. The number of nitrogens with one attached hydrogen (secondary N) is 1. The van der Waals surface area contributed by atoms with Crippen molar-refractivity contribution in [2.45, 2.75) is 38.1 Å². The third kappa shape index (κ3) is 2.05. The van der Waals surface area contributed by atoms with E-state index in [2.05, 4.69) is 5.32 Å². The van der Waals surface area contributed by atoms with Crippen LogP contribution >= 0.6 is 0 Å². The van der Waals surface area contributed by atoms with Gasteiger partial charge in [-0.25, -0.2) is 4.79 Å². The van der Waals surface area contributed by atoms with Gasteiger partial charge in [-0.05, 0) is 61.5 Å². The van der Waals surface area contributed by atoms with Gasteiger partial charge in [0.1, 0.15) is 0 Å². The minimum absolute atomic E-state index is 0.250. The van der Waals surface area contributed by atoms with E-state index >= 15 is 0 Å². The van der Waals surface area contributed by atoms with E-state index in [1.165, 1.54) is 39.2 Å². The van der Waals surface area contributed by atoms with Gasteiger partial charge in [-0.1, -0.05) is 18.6 Å². The highest BCUT2D eigenvalue weighted by Gasteiger charge is 2.53. The van der Waals surface area contributed by atoms with Crippen molar-refractivity contribution >= 4 is 11.7 Å². The zero-order valence-electron chi connectivity index (χ0n) is 12.5. The van der Waals surface area contributed by atoms with Crippen molar-refractivity contribution in [1.29, 1.82) is 0 Å². The summed E-state index contributed by atoms with van der Waals surface area (Å²) < 4.78 is 4.89. The number of carbonyl (C=O) groups excluding carboxylic acids is 1. The second-order valence-electron chi connectivity index (χ2n) is 6.94. The van der Waals surface area contributed by atoms with Crippen molar-refractivity contribution < 1.29 is 9.53 Å². The molecule has 0 radical (unpaired) electrons. The Balaban J connectivity index is 1.54. The first-order chi connectivity index (χ1) is 10.3. The summed E-state index contributed by atoms with van der Waals surface area (Å²) in [6, 6.07) is 8.27. The summed E-state index contributed by atoms with van der Waals surface area (Å²) in [7, 11) is 1.44. The molecule has 1 aromatic carbocycles. The van der Waals surface area contributed by atoms with Crippen LogP contribution in [0.2, 0.25) is 0 Å². The molecule has 0 amide bonds. The fraction of sp³-hybridized carbons (Fsp3) is 0.611. The highest BCUT2D eigenvalue weighted by Crippen LogP contribution is 2.59. The summed E-state index contributed by atoms with van der Waals surface area (Å²) in [4.78, 5) is 11.9. The average Bonchev–Trinajstić information content (AvgIpc) is 3.19. The van der Waals surface area contributed by atoms with Crippen molar-refractivity contribution in [1.82, 2.24) is 0 Å². The second-order valence-corrected chi connectivity index (χ2v) is 6.94. The first-order valence-corrected chi connectivity index (χ1v) is 8.22. The number of hydrogen-bond acceptors (Lipinski definition) is 3. The molecule has 1 aromatic rings. The van der Waals surface area contributed by atoms with E-state index in [9.17, 15) is 4.79 Å². The van der Waals surface area contributed by atoms with Crippen LogP contribution in [0, 0.1) is 23.7 Å². The van der Waals surface area contributed by atoms with Crippen molar-refractivity contribution in [3.63, 3.8) is 0 Å². The van der Waals surface area contributed by atoms with Gasteiger partial charge in [0.15, 0.2) is 0 Å². The lowest BCUT2D eigenvalue weighted by Crippen LogP contribution is -2.34. The van der Waals surface area contributed by atoms with E-state index in [1.54, 1.807) is 0 Å². The molecular weight excluding hydrogens is 262 g/mol. The van der Waals surface area contributed by atoms with E-state index in [0.717, 1.165) is 29.4 Å². The molecule has 5 unspecified atom stereocenters. The number of fused-ring (bicyclic) bond motifs is 5. The fourth-order valence-corrected chi connectivity index (χ4v) is 5.33. The Kier molecular flexibility index (Phi) is 3.16. The van der Waals surface area contributed by atoms with E-state index in [-0.39, 0.29) is 5.97 Å². The lowest BCUT2D eigenvalue weighted by atomic mass is 9.79. The first kappa shape index (κ1) is 13.2. The first-order valence-electron chi connectivity index (χ1n) is 8.22. The van der Waals surface area contributed by atoms with Gasteiger partial charge in [0.2, 0.25) is 0 Å². The quantitative estimate of drug-likeness (QED) is 0.860. The van der Waals surface area contributed by atoms with E-state index in [4.69, 9.17) is 4.74 Å². The summed E-state index contributed by atoms with van der Waals surface area (Å²) >= 11 is 0. The number of hydrogen-bond donors (Lipinski definition) is 1. The van der Waals surface area contributed by atoms with Crippen LogP contribution in [0.5, 0.6) is 0 Å². The normalized spacial score (nSPS) is 36.5. The van der Waals surface area contributed by atoms with E-state index in [1.807, 2.05) is 24.3 Å². The van der Waals surface area contributed by atoms with E-state index < -0.39 is 0 Å². The molecule has 0 spiro atoms.